The van der Waals surface area contributed by atoms with Crippen LogP contribution in [0.15, 0.2) is 41.4 Å². The molecule has 1 saturated heterocycles. The number of nitrogens with zero attached hydrogens (tertiary/aromatic N) is 2. The molecule has 30 heavy (non-hydrogen) atoms. The zero-order chi connectivity index (χ0) is 21.5. The quantitative estimate of drug-likeness (QED) is 0.717. The number of pyridine rings is 1. The van der Waals surface area contributed by atoms with Gasteiger partial charge in [-0.25, -0.2) is 12.8 Å². The van der Waals surface area contributed by atoms with Gasteiger partial charge in [-0.15, -0.1) is 0 Å². The van der Waals surface area contributed by atoms with Crippen LogP contribution in [0.4, 0.5) is 4.39 Å². The van der Waals surface area contributed by atoms with E-state index in [1.807, 2.05) is 6.07 Å². The Labute approximate surface area is 178 Å². The number of rotatable bonds is 5. The number of hydrogen-bond acceptors (Lipinski definition) is 5. The lowest BCUT2D eigenvalue weighted by molar-refractivity contribution is 0.0606. The number of benzene rings is 1. The number of piperidine rings is 1. The molecular formula is C23H29FN2O3S. The summed E-state index contributed by atoms with van der Waals surface area (Å²) in [5.74, 6) is 1.30. The Bertz CT molecular complexity index is 1010. The van der Waals surface area contributed by atoms with Crippen LogP contribution in [-0.2, 0) is 16.3 Å². The molecule has 0 spiro atoms. The fraction of sp³-hybridized carbons (Fsp3) is 0.522. The van der Waals surface area contributed by atoms with Crippen LogP contribution >= 0.6 is 0 Å². The summed E-state index contributed by atoms with van der Waals surface area (Å²) in [6.07, 6.45) is 6.01. The average Bonchev–Trinajstić information content (AvgIpc) is 3.10. The first-order valence-corrected chi connectivity index (χ1v) is 12.3. The molecule has 0 N–H and O–H groups in total. The minimum atomic E-state index is -3.21. The van der Waals surface area contributed by atoms with Crippen LogP contribution in [0.2, 0.25) is 0 Å². The molecule has 1 unspecified atom stereocenters. The maximum atomic E-state index is 13.9. The monoisotopic (exact) mass is 432 g/mol. The molecule has 2 aromatic rings. The van der Waals surface area contributed by atoms with Gasteiger partial charge in [-0.3, -0.25) is 4.98 Å². The van der Waals surface area contributed by atoms with Gasteiger partial charge in [-0.1, -0.05) is 12.1 Å². The van der Waals surface area contributed by atoms with Crippen LogP contribution in [0.1, 0.15) is 32.3 Å². The second-order valence-corrected chi connectivity index (χ2v) is 11.2. The standard InChI is InChI=1S/C23H29FN2O3S/c1-23(2,24)15-26-10-8-17(9-11-26)21-13-18-12-20(25-14-22(18)29-21)16-4-6-19(7-5-16)30(3,27)28/h4-7,12,14,17,21H,8-11,13,15H2,1-3H3. The normalized spacial score (nSPS) is 20.7. The lowest BCUT2D eigenvalue weighted by atomic mass is 9.88. The van der Waals surface area contributed by atoms with Gasteiger partial charge in [-0.05, 0) is 63.9 Å². The molecule has 1 atom stereocenters. The fourth-order valence-corrected chi connectivity index (χ4v) is 5.11. The largest absolute Gasteiger partial charge is 0.488 e. The number of ether oxygens (including phenoxy) is 1. The van der Waals surface area contributed by atoms with Gasteiger partial charge in [0, 0.05) is 30.3 Å². The average molecular weight is 433 g/mol. The molecule has 0 bridgehead atoms. The van der Waals surface area contributed by atoms with E-state index in [4.69, 9.17) is 4.74 Å². The lowest BCUT2D eigenvalue weighted by Crippen LogP contribution is -2.43. The number of fused-ring (bicyclic) bond motifs is 1. The summed E-state index contributed by atoms with van der Waals surface area (Å²) in [6, 6.07) is 8.86. The summed E-state index contributed by atoms with van der Waals surface area (Å²) >= 11 is 0. The maximum absolute atomic E-state index is 13.9. The van der Waals surface area contributed by atoms with E-state index < -0.39 is 15.5 Å². The van der Waals surface area contributed by atoms with Crippen molar-refractivity contribution in [2.24, 2.45) is 5.92 Å². The van der Waals surface area contributed by atoms with E-state index in [0.717, 1.165) is 54.9 Å². The summed E-state index contributed by atoms with van der Waals surface area (Å²) in [7, 11) is -3.21. The minimum absolute atomic E-state index is 0.144. The Morgan fingerprint density at radius 2 is 1.87 bits per heavy atom. The van der Waals surface area contributed by atoms with Crippen LogP contribution in [0, 0.1) is 5.92 Å². The predicted molar refractivity (Wildman–Crippen MR) is 115 cm³/mol. The molecule has 7 heteroatoms. The Kier molecular flexibility index (Phi) is 5.62. The van der Waals surface area contributed by atoms with Gasteiger partial charge < -0.3 is 9.64 Å². The highest BCUT2D eigenvalue weighted by Gasteiger charge is 2.34. The van der Waals surface area contributed by atoms with Crippen molar-refractivity contribution >= 4 is 9.84 Å². The topological polar surface area (TPSA) is 59.5 Å². The first-order valence-electron chi connectivity index (χ1n) is 10.5. The zero-order valence-corrected chi connectivity index (χ0v) is 18.6. The van der Waals surface area contributed by atoms with E-state index in [0.29, 0.717) is 17.4 Å². The van der Waals surface area contributed by atoms with Gasteiger partial charge in [-0.2, -0.15) is 0 Å². The first kappa shape index (κ1) is 21.2. The van der Waals surface area contributed by atoms with Crippen LogP contribution in [-0.4, -0.2) is 56.0 Å². The second-order valence-electron chi connectivity index (χ2n) is 9.17. The van der Waals surface area contributed by atoms with Crippen molar-refractivity contribution in [3.05, 3.63) is 42.1 Å². The molecule has 2 aliphatic heterocycles. The minimum Gasteiger partial charge on any atom is -0.488 e. The molecule has 1 fully saturated rings. The van der Waals surface area contributed by atoms with Crippen molar-refractivity contribution in [1.82, 2.24) is 9.88 Å². The zero-order valence-electron chi connectivity index (χ0n) is 17.8. The van der Waals surface area contributed by atoms with Crippen molar-refractivity contribution in [3.8, 4) is 17.0 Å². The Hall–Kier alpha value is -1.99. The molecule has 162 valence electrons. The highest BCUT2D eigenvalue weighted by atomic mass is 32.2. The van der Waals surface area contributed by atoms with E-state index in [2.05, 4.69) is 9.88 Å². The van der Waals surface area contributed by atoms with Crippen molar-refractivity contribution in [3.63, 3.8) is 0 Å². The molecule has 3 heterocycles. The number of alkyl halides is 1. The van der Waals surface area contributed by atoms with Gasteiger partial charge in [0.2, 0.25) is 0 Å². The number of halogens is 1. The third-order valence-corrected chi connectivity index (χ3v) is 7.11. The molecule has 1 aromatic heterocycles. The van der Waals surface area contributed by atoms with Crippen molar-refractivity contribution in [2.45, 2.75) is 49.8 Å². The predicted octanol–water partition coefficient (Wildman–Crippen LogP) is 3.92. The van der Waals surface area contributed by atoms with Crippen LogP contribution in [0.5, 0.6) is 5.75 Å². The summed E-state index contributed by atoms with van der Waals surface area (Å²) in [5, 5.41) is 0. The van der Waals surface area contributed by atoms with Gasteiger partial charge in [0.05, 0.1) is 16.8 Å². The van der Waals surface area contributed by atoms with Crippen LogP contribution in [0.3, 0.4) is 0 Å². The molecule has 4 rings (SSSR count). The number of hydrogen-bond donors (Lipinski definition) is 0. The first-order chi connectivity index (χ1) is 14.1. The van der Waals surface area contributed by atoms with E-state index in [1.54, 1.807) is 44.3 Å². The highest BCUT2D eigenvalue weighted by molar-refractivity contribution is 7.90. The van der Waals surface area contributed by atoms with E-state index in [-0.39, 0.29) is 6.10 Å². The number of aromatic nitrogens is 1. The van der Waals surface area contributed by atoms with E-state index in [1.165, 1.54) is 6.26 Å². The Morgan fingerprint density at radius 3 is 2.47 bits per heavy atom. The number of likely N-dealkylation sites (tertiary alicyclic amines) is 1. The van der Waals surface area contributed by atoms with Crippen LogP contribution < -0.4 is 4.74 Å². The lowest BCUT2D eigenvalue weighted by Gasteiger charge is -2.36. The summed E-state index contributed by atoms with van der Waals surface area (Å²) in [5.41, 5.74) is 1.69. The Balaban J connectivity index is 1.41. The van der Waals surface area contributed by atoms with Crippen LogP contribution in [0.25, 0.3) is 11.3 Å². The molecule has 5 nitrogen and oxygen atoms in total. The van der Waals surface area contributed by atoms with E-state index in [9.17, 15) is 12.8 Å². The summed E-state index contributed by atoms with van der Waals surface area (Å²) in [4.78, 5) is 7.03. The molecule has 0 saturated carbocycles. The third-order valence-electron chi connectivity index (χ3n) is 5.98. The van der Waals surface area contributed by atoms with Gasteiger partial charge in [0.1, 0.15) is 17.5 Å². The van der Waals surface area contributed by atoms with E-state index >= 15 is 0 Å². The van der Waals surface area contributed by atoms with Gasteiger partial charge in [0.15, 0.2) is 9.84 Å². The molecular weight excluding hydrogens is 403 g/mol. The highest BCUT2D eigenvalue weighted by Crippen LogP contribution is 2.36. The SMILES string of the molecule is CC(C)(F)CN1CCC(C2Cc3cc(-c4ccc(S(C)(=O)=O)cc4)ncc3O2)CC1. The molecule has 1 aromatic carbocycles. The van der Waals surface area contributed by atoms with Crippen molar-refractivity contribution in [2.75, 3.05) is 25.9 Å². The van der Waals surface area contributed by atoms with Crippen molar-refractivity contribution in [1.29, 1.82) is 0 Å². The third kappa shape index (κ3) is 4.83. The van der Waals surface area contributed by atoms with Gasteiger partial charge in [0.25, 0.3) is 0 Å². The molecule has 2 aliphatic rings. The number of sulfone groups is 1. The maximum Gasteiger partial charge on any atom is 0.175 e. The van der Waals surface area contributed by atoms with Gasteiger partial charge >= 0.3 is 0 Å². The molecule has 0 aliphatic carbocycles. The molecule has 0 amide bonds. The van der Waals surface area contributed by atoms with Crippen molar-refractivity contribution < 1.29 is 17.5 Å². The Morgan fingerprint density at radius 1 is 1.20 bits per heavy atom. The smallest absolute Gasteiger partial charge is 0.175 e. The molecule has 0 radical (unpaired) electrons. The summed E-state index contributed by atoms with van der Waals surface area (Å²) < 4.78 is 43.4. The second kappa shape index (κ2) is 7.93. The fourth-order valence-electron chi connectivity index (χ4n) is 4.48. The summed E-state index contributed by atoms with van der Waals surface area (Å²) in [6.45, 7) is 5.57.